The minimum atomic E-state index is -0.537. The second-order valence-corrected chi connectivity index (χ2v) is 6.29. The molecule has 2 aromatic rings. The SMILES string of the molecule is C=C/C=C1/[B]NC=C/C1=C(/C=C)C(CN)C(=O)Nc1ccc2cnccc2c1. The van der Waals surface area contributed by atoms with Gasteiger partial charge in [-0.25, -0.2) is 0 Å². The van der Waals surface area contributed by atoms with Gasteiger partial charge < -0.3 is 16.3 Å². The van der Waals surface area contributed by atoms with Gasteiger partial charge in [0.05, 0.1) is 5.92 Å². The molecule has 0 fully saturated rings. The molecule has 0 bridgehead atoms. The summed E-state index contributed by atoms with van der Waals surface area (Å²) in [5.74, 6) is -0.715. The molecule has 3 rings (SSSR count). The van der Waals surface area contributed by atoms with Gasteiger partial charge in [0.2, 0.25) is 5.91 Å². The smallest absolute Gasteiger partial charge is 0.282 e. The van der Waals surface area contributed by atoms with Crippen molar-refractivity contribution in [3.8, 4) is 0 Å². The summed E-state index contributed by atoms with van der Waals surface area (Å²) in [6.07, 6.45) is 12.5. The minimum absolute atomic E-state index is 0.164. The van der Waals surface area contributed by atoms with E-state index in [1.807, 2.05) is 50.0 Å². The van der Waals surface area contributed by atoms with Gasteiger partial charge in [-0.3, -0.25) is 9.78 Å². The fourth-order valence-electron chi connectivity index (χ4n) is 3.18. The van der Waals surface area contributed by atoms with Crippen LogP contribution in [0.5, 0.6) is 0 Å². The highest BCUT2D eigenvalue weighted by Gasteiger charge is 2.24. The molecule has 1 aliphatic rings. The predicted octanol–water partition coefficient (Wildman–Crippen LogP) is 3.04. The number of allylic oxidation sites excluding steroid dienone is 6. The van der Waals surface area contributed by atoms with Crippen LogP contribution in [0, 0.1) is 5.92 Å². The quantitative estimate of drug-likeness (QED) is 0.684. The number of hydrogen-bond acceptors (Lipinski definition) is 4. The van der Waals surface area contributed by atoms with Crippen LogP contribution >= 0.6 is 0 Å². The van der Waals surface area contributed by atoms with E-state index in [2.05, 4.69) is 28.7 Å². The molecule has 1 aliphatic heterocycles. The third-order valence-electron chi connectivity index (χ3n) is 4.56. The first kappa shape index (κ1) is 19.4. The number of nitrogens with two attached hydrogens (primary N) is 1. The summed E-state index contributed by atoms with van der Waals surface area (Å²) >= 11 is 0. The van der Waals surface area contributed by atoms with Crippen LogP contribution in [0.1, 0.15) is 0 Å². The lowest BCUT2D eigenvalue weighted by Crippen LogP contribution is -2.32. The van der Waals surface area contributed by atoms with E-state index >= 15 is 0 Å². The highest BCUT2D eigenvalue weighted by atomic mass is 16.1. The molecule has 5 nitrogen and oxygen atoms in total. The molecule has 1 radical (unpaired) electrons. The van der Waals surface area contributed by atoms with E-state index in [-0.39, 0.29) is 12.5 Å². The standard InChI is InChI=1S/C22H22BN4O/c1-3-5-21-19(9-11-26-23-21)18(4-2)20(13-24)22(28)27-17-7-6-16-14-25-10-8-15(16)12-17/h3-12,14,20,26H,1-2,13,24H2,(H,27,28)/b19-18+,21-5+. The Hall–Kier alpha value is -3.38. The summed E-state index contributed by atoms with van der Waals surface area (Å²) < 4.78 is 0. The van der Waals surface area contributed by atoms with Crippen molar-refractivity contribution in [1.82, 2.24) is 10.2 Å². The summed E-state index contributed by atoms with van der Waals surface area (Å²) in [4.78, 5) is 17.1. The fourth-order valence-corrected chi connectivity index (χ4v) is 3.18. The number of carbonyl (C=O) groups excluding carboxylic acids is 1. The molecule has 0 saturated carbocycles. The van der Waals surface area contributed by atoms with Crippen LogP contribution in [0.4, 0.5) is 5.69 Å². The Labute approximate surface area is 165 Å². The van der Waals surface area contributed by atoms with Gasteiger partial charge >= 0.3 is 0 Å². The van der Waals surface area contributed by atoms with Crippen molar-refractivity contribution in [1.29, 1.82) is 0 Å². The van der Waals surface area contributed by atoms with Crippen molar-refractivity contribution < 1.29 is 4.79 Å². The van der Waals surface area contributed by atoms with Crippen LogP contribution in [0.25, 0.3) is 10.8 Å². The second-order valence-electron chi connectivity index (χ2n) is 6.29. The molecule has 1 aromatic carbocycles. The topological polar surface area (TPSA) is 80.0 Å². The molecule has 0 spiro atoms. The molecule has 0 aliphatic carbocycles. The molecule has 2 heterocycles. The largest absolute Gasteiger partial charge is 0.434 e. The number of hydrogen-bond donors (Lipinski definition) is 3. The monoisotopic (exact) mass is 369 g/mol. The first-order chi connectivity index (χ1) is 13.7. The molecule has 1 aromatic heterocycles. The zero-order valence-electron chi connectivity index (χ0n) is 15.6. The maximum atomic E-state index is 13.0. The molecule has 1 amide bonds. The van der Waals surface area contributed by atoms with E-state index in [0.29, 0.717) is 5.69 Å². The van der Waals surface area contributed by atoms with Crippen molar-refractivity contribution in [3.05, 3.63) is 96.9 Å². The first-order valence-electron chi connectivity index (χ1n) is 8.98. The van der Waals surface area contributed by atoms with E-state index in [9.17, 15) is 4.79 Å². The van der Waals surface area contributed by atoms with Crippen LogP contribution in [0.2, 0.25) is 0 Å². The van der Waals surface area contributed by atoms with Crippen molar-refractivity contribution in [2.24, 2.45) is 11.7 Å². The number of carbonyl (C=O) groups is 1. The van der Waals surface area contributed by atoms with Gasteiger partial charge in [-0.2, -0.15) is 0 Å². The van der Waals surface area contributed by atoms with E-state index in [4.69, 9.17) is 5.73 Å². The Morgan fingerprint density at radius 3 is 2.93 bits per heavy atom. The van der Waals surface area contributed by atoms with Crippen molar-refractivity contribution in [2.75, 3.05) is 11.9 Å². The Morgan fingerprint density at radius 2 is 2.18 bits per heavy atom. The van der Waals surface area contributed by atoms with Crippen LogP contribution in [0.3, 0.4) is 0 Å². The van der Waals surface area contributed by atoms with Gasteiger partial charge in [0, 0.05) is 30.0 Å². The van der Waals surface area contributed by atoms with Gasteiger partial charge in [-0.15, -0.1) is 0 Å². The molecule has 6 heteroatoms. The van der Waals surface area contributed by atoms with Gasteiger partial charge in [0.25, 0.3) is 7.41 Å². The van der Waals surface area contributed by atoms with Gasteiger partial charge in [0.15, 0.2) is 0 Å². The van der Waals surface area contributed by atoms with Gasteiger partial charge in [-0.1, -0.05) is 42.9 Å². The number of nitrogens with one attached hydrogen (secondary N) is 2. The van der Waals surface area contributed by atoms with E-state index in [1.165, 1.54) is 0 Å². The van der Waals surface area contributed by atoms with Crippen LogP contribution in [0.15, 0.2) is 96.9 Å². The summed E-state index contributed by atoms with van der Waals surface area (Å²) in [5.41, 5.74) is 9.27. The first-order valence-corrected chi connectivity index (χ1v) is 8.98. The summed E-state index contributed by atoms with van der Waals surface area (Å²) in [5, 5.41) is 8.04. The average Bonchev–Trinajstić information content (AvgIpc) is 2.72. The van der Waals surface area contributed by atoms with Gasteiger partial charge in [0.1, 0.15) is 0 Å². The maximum absolute atomic E-state index is 13.0. The molecule has 0 saturated heterocycles. The molecule has 139 valence electrons. The van der Waals surface area contributed by atoms with E-state index in [0.717, 1.165) is 27.4 Å². The van der Waals surface area contributed by atoms with Crippen LogP contribution < -0.4 is 16.3 Å². The van der Waals surface area contributed by atoms with E-state index < -0.39 is 5.92 Å². The Bertz CT molecular complexity index is 1010. The van der Waals surface area contributed by atoms with E-state index in [1.54, 1.807) is 24.5 Å². The maximum Gasteiger partial charge on any atom is 0.282 e. The van der Waals surface area contributed by atoms with Crippen molar-refractivity contribution >= 4 is 29.8 Å². The normalized spacial score (nSPS) is 17.4. The Kier molecular flexibility index (Phi) is 6.24. The molecule has 1 unspecified atom stereocenters. The number of benzene rings is 1. The highest BCUT2D eigenvalue weighted by molar-refractivity contribution is 6.45. The van der Waals surface area contributed by atoms with Crippen molar-refractivity contribution in [2.45, 2.75) is 0 Å². The number of fused-ring (bicyclic) bond motifs is 1. The molecule has 1 atom stereocenters. The fraction of sp³-hybridized carbons (Fsp3) is 0.0909. The molecule has 28 heavy (non-hydrogen) atoms. The summed E-state index contributed by atoms with van der Waals surface area (Å²) in [7, 11) is 1.85. The number of nitrogens with zero attached hydrogens (tertiary/aromatic N) is 1. The summed E-state index contributed by atoms with van der Waals surface area (Å²) in [6.45, 7) is 7.82. The minimum Gasteiger partial charge on any atom is -0.434 e. The third-order valence-corrected chi connectivity index (χ3v) is 4.56. The second kappa shape index (κ2) is 9.02. The molecular formula is C22H22BN4O. The van der Waals surface area contributed by atoms with Crippen molar-refractivity contribution in [3.63, 3.8) is 0 Å². The lowest BCUT2D eigenvalue weighted by Gasteiger charge is -2.22. The van der Waals surface area contributed by atoms with Crippen LogP contribution in [-0.2, 0) is 4.79 Å². The lowest BCUT2D eigenvalue weighted by atomic mass is 9.72. The lowest BCUT2D eigenvalue weighted by molar-refractivity contribution is -0.118. The average molecular weight is 369 g/mol. The highest BCUT2D eigenvalue weighted by Crippen LogP contribution is 2.26. The predicted molar refractivity (Wildman–Crippen MR) is 116 cm³/mol. The number of pyridine rings is 1. The number of amides is 1. The Balaban J connectivity index is 1.92. The van der Waals surface area contributed by atoms with Crippen LogP contribution in [-0.4, -0.2) is 24.9 Å². The van der Waals surface area contributed by atoms with Gasteiger partial charge in [-0.05, 0) is 47.0 Å². The molecule has 4 N–H and O–H groups in total. The third kappa shape index (κ3) is 4.13. The summed E-state index contributed by atoms with van der Waals surface area (Å²) in [6, 6.07) is 7.62. The zero-order valence-corrected chi connectivity index (χ0v) is 15.6. The Morgan fingerprint density at radius 1 is 1.32 bits per heavy atom. The number of anilines is 1. The zero-order chi connectivity index (χ0) is 19.9. The molecular weight excluding hydrogens is 347 g/mol. The number of rotatable bonds is 6. The number of aromatic nitrogens is 1.